The number of carbonyl (C=O) groups is 1. The SMILES string of the molecule is Cc1cc(S(N)(=O)=O)c(C)cc1OCCNC(=O)c1ccccc1C. The number of aryl methyl sites for hydroxylation is 3. The van der Waals surface area contributed by atoms with Crippen molar-refractivity contribution in [3.63, 3.8) is 0 Å². The molecule has 0 radical (unpaired) electrons. The first-order chi connectivity index (χ1) is 11.7. The molecule has 0 aliphatic heterocycles. The highest BCUT2D eigenvalue weighted by Gasteiger charge is 2.14. The number of benzene rings is 2. The first-order valence-electron chi connectivity index (χ1n) is 7.81. The third kappa shape index (κ3) is 4.80. The maximum absolute atomic E-state index is 12.1. The quantitative estimate of drug-likeness (QED) is 0.769. The molecule has 2 aromatic carbocycles. The Labute approximate surface area is 148 Å². The molecule has 0 saturated heterocycles. The number of nitrogens with two attached hydrogens (primary N) is 1. The van der Waals surface area contributed by atoms with Gasteiger partial charge in [-0.05, 0) is 55.7 Å². The molecule has 0 aliphatic carbocycles. The molecule has 7 heteroatoms. The molecule has 134 valence electrons. The van der Waals surface area contributed by atoms with Crippen LogP contribution < -0.4 is 15.2 Å². The Morgan fingerprint density at radius 3 is 2.40 bits per heavy atom. The smallest absolute Gasteiger partial charge is 0.251 e. The fraction of sp³-hybridized carbons (Fsp3) is 0.278. The van der Waals surface area contributed by atoms with Crippen LogP contribution in [0.25, 0.3) is 0 Å². The summed E-state index contributed by atoms with van der Waals surface area (Å²) in [6.45, 7) is 5.89. The van der Waals surface area contributed by atoms with Gasteiger partial charge in [0, 0.05) is 5.56 Å². The van der Waals surface area contributed by atoms with Crippen molar-refractivity contribution in [1.29, 1.82) is 0 Å². The largest absolute Gasteiger partial charge is 0.491 e. The third-order valence-corrected chi connectivity index (χ3v) is 4.87. The van der Waals surface area contributed by atoms with E-state index >= 15 is 0 Å². The van der Waals surface area contributed by atoms with Gasteiger partial charge in [-0.3, -0.25) is 4.79 Å². The summed E-state index contributed by atoms with van der Waals surface area (Å²) >= 11 is 0. The molecular weight excluding hydrogens is 340 g/mol. The molecule has 0 aromatic heterocycles. The molecule has 1 amide bonds. The van der Waals surface area contributed by atoms with Gasteiger partial charge in [-0.15, -0.1) is 0 Å². The summed E-state index contributed by atoms with van der Waals surface area (Å²) in [5.41, 5.74) is 2.73. The van der Waals surface area contributed by atoms with Crippen molar-refractivity contribution in [2.24, 2.45) is 5.14 Å². The molecule has 2 aromatic rings. The van der Waals surface area contributed by atoms with Crippen molar-refractivity contribution < 1.29 is 17.9 Å². The van der Waals surface area contributed by atoms with Crippen LogP contribution in [0.5, 0.6) is 5.75 Å². The molecule has 0 fully saturated rings. The molecule has 0 heterocycles. The second-order valence-electron chi connectivity index (χ2n) is 5.85. The highest BCUT2D eigenvalue weighted by atomic mass is 32.2. The molecule has 6 nitrogen and oxygen atoms in total. The van der Waals surface area contributed by atoms with Crippen LogP contribution in [0.3, 0.4) is 0 Å². The number of ether oxygens (including phenoxy) is 1. The van der Waals surface area contributed by atoms with E-state index in [1.165, 1.54) is 6.07 Å². The number of carbonyl (C=O) groups excluding carboxylic acids is 1. The van der Waals surface area contributed by atoms with E-state index in [9.17, 15) is 13.2 Å². The third-order valence-electron chi connectivity index (χ3n) is 3.81. The number of sulfonamides is 1. The van der Waals surface area contributed by atoms with Crippen LogP contribution in [0.1, 0.15) is 27.0 Å². The summed E-state index contributed by atoms with van der Waals surface area (Å²) in [7, 11) is -3.76. The lowest BCUT2D eigenvalue weighted by Crippen LogP contribution is -2.28. The maximum Gasteiger partial charge on any atom is 0.251 e. The highest BCUT2D eigenvalue weighted by Crippen LogP contribution is 2.25. The van der Waals surface area contributed by atoms with Gasteiger partial charge in [0.05, 0.1) is 11.4 Å². The maximum atomic E-state index is 12.1. The topological polar surface area (TPSA) is 98.5 Å². The Morgan fingerprint density at radius 2 is 1.76 bits per heavy atom. The van der Waals surface area contributed by atoms with E-state index in [4.69, 9.17) is 9.88 Å². The molecule has 0 spiro atoms. The Morgan fingerprint density at radius 1 is 1.08 bits per heavy atom. The Hall–Kier alpha value is -2.38. The first kappa shape index (κ1) is 19.0. The lowest BCUT2D eigenvalue weighted by Gasteiger charge is -2.13. The van der Waals surface area contributed by atoms with Crippen LogP contribution in [0.4, 0.5) is 0 Å². The minimum absolute atomic E-state index is 0.0882. The lowest BCUT2D eigenvalue weighted by atomic mass is 10.1. The van der Waals surface area contributed by atoms with Crippen molar-refractivity contribution in [1.82, 2.24) is 5.32 Å². The minimum atomic E-state index is -3.76. The number of hydrogen-bond acceptors (Lipinski definition) is 4. The second-order valence-corrected chi connectivity index (χ2v) is 7.38. The summed E-state index contributed by atoms with van der Waals surface area (Å²) in [4.78, 5) is 12.2. The molecule has 0 atom stereocenters. The van der Waals surface area contributed by atoms with Crippen LogP contribution in [-0.2, 0) is 10.0 Å². The average molecular weight is 362 g/mol. The first-order valence-corrected chi connectivity index (χ1v) is 9.35. The monoisotopic (exact) mass is 362 g/mol. The van der Waals surface area contributed by atoms with Crippen LogP contribution in [0.2, 0.25) is 0 Å². The van der Waals surface area contributed by atoms with E-state index in [2.05, 4.69) is 5.32 Å². The van der Waals surface area contributed by atoms with Gasteiger partial charge < -0.3 is 10.1 Å². The molecule has 0 bridgehead atoms. The fourth-order valence-electron chi connectivity index (χ4n) is 2.47. The van der Waals surface area contributed by atoms with Gasteiger partial charge in [0.25, 0.3) is 5.91 Å². The zero-order valence-electron chi connectivity index (χ0n) is 14.5. The van der Waals surface area contributed by atoms with Gasteiger partial charge in [-0.25, -0.2) is 13.6 Å². The van der Waals surface area contributed by atoms with Gasteiger partial charge in [-0.2, -0.15) is 0 Å². The molecule has 2 rings (SSSR count). The molecule has 0 saturated carbocycles. The summed E-state index contributed by atoms with van der Waals surface area (Å²) in [6, 6.07) is 10.5. The molecule has 0 aliphatic rings. The van der Waals surface area contributed by atoms with Crippen LogP contribution in [-0.4, -0.2) is 27.5 Å². The van der Waals surface area contributed by atoms with E-state index in [-0.39, 0.29) is 17.4 Å². The van der Waals surface area contributed by atoms with E-state index in [1.807, 2.05) is 25.1 Å². The number of hydrogen-bond donors (Lipinski definition) is 2. The molecule has 3 N–H and O–H groups in total. The van der Waals surface area contributed by atoms with Gasteiger partial charge in [-0.1, -0.05) is 18.2 Å². The predicted octanol–water partition coefficient (Wildman–Crippen LogP) is 2.07. The Bertz CT molecular complexity index is 892. The Kier molecular flexibility index (Phi) is 5.81. The number of rotatable bonds is 6. The molecule has 25 heavy (non-hydrogen) atoms. The fourth-order valence-corrected chi connectivity index (χ4v) is 3.32. The van der Waals surface area contributed by atoms with Crippen LogP contribution in [0.15, 0.2) is 41.3 Å². The van der Waals surface area contributed by atoms with Crippen molar-refractivity contribution in [3.8, 4) is 5.75 Å². The van der Waals surface area contributed by atoms with E-state index in [0.717, 1.165) is 5.56 Å². The summed E-state index contributed by atoms with van der Waals surface area (Å²) in [5, 5.41) is 7.98. The van der Waals surface area contributed by atoms with Crippen LogP contribution in [0, 0.1) is 20.8 Å². The molecular formula is C18H22N2O4S. The summed E-state index contributed by atoms with van der Waals surface area (Å²) in [5.74, 6) is 0.411. The average Bonchev–Trinajstić information content (AvgIpc) is 2.53. The predicted molar refractivity (Wildman–Crippen MR) is 96.3 cm³/mol. The van der Waals surface area contributed by atoms with E-state index in [1.54, 1.807) is 26.0 Å². The van der Waals surface area contributed by atoms with Crippen LogP contribution >= 0.6 is 0 Å². The zero-order valence-corrected chi connectivity index (χ0v) is 15.3. The summed E-state index contributed by atoms with van der Waals surface area (Å²) in [6.07, 6.45) is 0. The minimum Gasteiger partial charge on any atom is -0.491 e. The second kappa shape index (κ2) is 7.67. The number of nitrogens with one attached hydrogen (secondary N) is 1. The van der Waals surface area contributed by atoms with Gasteiger partial charge >= 0.3 is 0 Å². The normalized spacial score (nSPS) is 11.2. The Balaban J connectivity index is 1.95. The van der Waals surface area contributed by atoms with Gasteiger partial charge in [0.15, 0.2) is 0 Å². The van der Waals surface area contributed by atoms with Crippen molar-refractivity contribution in [3.05, 3.63) is 58.7 Å². The number of primary sulfonamides is 1. The van der Waals surface area contributed by atoms with Crippen molar-refractivity contribution in [2.75, 3.05) is 13.2 Å². The van der Waals surface area contributed by atoms with Gasteiger partial charge in [0.2, 0.25) is 10.0 Å². The highest BCUT2D eigenvalue weighted by molar-refractivity contribution is 7.89. The van der Waals surface area contributed by atoms with Gasteiger partial charge in [0.1, 0.15) is 12.4 Å². The van der Waals surface area contributed by atoms with E-state index < -0.39 is 10.0 Å². The van der Waals surface area contributed by atoms with Crippen molar-refractivity contribution in [2.45, 2.75) is 25.7 Å². The number of amides is 1. The van der Waals surface area contributed by atoms with E-state index in [0.29, 0.717) is 29.0 Å². The lowest BCUT2D eigenvalue weighted by molar-refractivity contribution is 0.0946. The summed E-state index contributed by atoms with van der Waals surface area (Å²) < 4.78 is 28.7. The molecule has 0 unspecified atom stereocenters. The standard InChI is InChI=1S/C18H22N2O4S/c1-12-6-4-5-7-15(12)18(21)20-8-9-24-16-10-14(3)17(11-13(16)2)25(19,22)23/h4-7,10-11H,8-9H2,1-3H3,(H,20,21)(H2,19,22,23). The zero-order chi connectivity index (χ0) is 18.6. The van der Waals surface area contributed by atoms with Crippen molar-refractivity contribution >= 4 is 15.9 Å².